The van der Waals surface area contributed by atoms with E-state index in [1.165, 1.54) is 12.1 Å². The summed E-state index contributed by atoms with van der Waals surface area (Å²) in [6.45, 7) is 0. The first-order valence-electron chi connectivity index (χ1n) is 18.4. The lowest BCUT2D eigenvalue weighted by atomic mass is 9.90. The van der Waals surface area contributed by atoms with E-state index in [0.717, 1.165) is 24.3 Å². The van der Waals surface area contributed by atoms with Crippen LogP contribution in [0.3, 0.4) is 0 Å². The van der Waals surface area contributed by atoms with Crippen LogP contribution >= 0.6 is 0 Å². The molecule has 12 nitrogen and oxygen atoms in total. The van der Waals surface area contributed by atoms with Gasteiger partial charge in [-0.15, -0.1) is 0 Å². The van der Waals surface area contributed by atoms with E-state index < -0.39 is 77.6 Å². The summed E-state index contributed by atoms with van der Waals surface area (Å²) in [6, 6.07) is 22.9. The molecule has 0 saturated heterocycles. The van der Waals surface area contributed by atoms with Crippen molar-refractivity contribution >= 4 is 41.1 Å². The zero-order valence-electron chi connectivity index (χ0n) is 31.1. The zero-order chi connectivity index (χ0) is 41.8. The van der Waals surface area contributed by atoms with Crippen molar-refractivity contribution in [2.24, 2.45) is 5.92 Å². The Morgan fingerprint density at radius 2 is 1.17 bits per heavy atom. The Hall–Kier alpha value is -6.82. The van der Waals surface area contributed by atoms with E-state index in [1.807, 2.05) is 6.07 Å². The highest BCUT2D eigenvalue weighted by Crippen LogP contribution is 2.29. The molecule has 2 aliphatic heterocycles. The number of halogens is 3. The number of benzene rings is 4. The monoisotopic (exact) mass is 795 g/mol. The van der Waals surface area contributed by atoms with Gasteiger partial charge in [0.05, 0.1) is 29.2 Å². The molecular formula is C43H40F3N5O7. The van der Waals surface area contributed by atoms with Gasteiger partial charge in [-0.25, -0.2) is 0 Å². The molecule has 6 rings (SSSR count). The maximum absolute atomic E-state index is 14.2. The predicted octanol–water partition coefficient (Wildman–Crippen LogP) is 4.69. The molecule has 2 bridgehead atoms. The molecule has 0 saturated carbocycles. The van der Waals surface area contributed by atoms with Crippen LogP contribution in [0.15, 0.2) is 103 Å². The topological polar surface area (TPSA) is 195 Å². The molecule has 4 aromatic rings. The van der Waals surface area contributed by atoms with Crippen molar-refractivity contribution in [3.63, 3.8) is 0 Å². The van der Waals surface area contributed by atoms with Crippen LogP contribution in [-0.2, 0) is 60.6 Å². The van der Waals surface area contributed by atoms with Crippen LogP contribution in [0, 0.1) is 17.2 Å². The van der Waals surface area contributed by atoms with Crippen LogP contribution in [0.1, 0.15) is 52.6 Å². The minimum Gasteiger partial charge on any atom is -0.481 e. The number of nitrogens with one attached hydrogen (secondary N) is 4. The van der Waals surface area contributed by atoms with Gasteiger partial charge in [-0.05, 0) is 71.5 Å². The summed E-state index contributed by atoms with van der Waals surface area (Å²) < 4.78 is 40.2. The van der Waals surface area contributed by atoms with Gasteiger partial charge in [0.25, 0.3) is 0 Å². The Bertz CT molecular complexity index is 2150. The third-order valence-corrected chi connectivity index (χ3v) is 9.61. The van der Waals surface area contributed by atoms with Crippen LogP contribution in [0.5, 0.6) is 0 Å². The number of rotatable bonds is 7. The number of carboxylic acids is 1. The van der Waals surface area contributed by atoms with Crippen LogP contribution in [-0.4, -0.2) is 58.6 Å². The summed E-state index contributed by atoms with van der Waals surface area (Å²) >= 11 is 0. The lowest BCUT2D eigenvalue weighted by Crippen LogP contribution is -2.57. The number of carbonyl (C=O) groups is 6. The number of aliphatic carboxylic acids is 1. The molecule has 0 unspecified atom stereocenters. The molecule has 0 aromatic heterocycles. The maximum atomic E-state index is 14.2. The molecule has 0 aliphatic carbocycles. The van der Waals surface area contributed by atoms with Gasteiger partial charge in [0.15, 0.2) is 5.78 Å². The minimum absolute atomic E-state index is 0.0511. The standard InChI is InChI=1S/C43H40F3N5O7/c44-43(45,46)32-14-10-29(11-15-32)23-36-41(56)50-34(21-26-4-2-1-3-5-26)37(52)24-31(42(57)58)20-27-12-16-33(17-13-27)48-38(53)18-19-39(54)49-35(40(55)51-36)22-28-6-8-30(25-47)9-7-28/h1-17,31,34-36H,18-24H2,(H,48,53)(H,49,54)(H,50,56)(H,51,55)(H,57,58)/t31-,34-,35-,36+/m1/s1. The lowest BCUT2D eigenvalue weighted by Gasteiger charge is -2.26. The quantitative estimate of drug-likeness (QED) is 0.166. The molecule has 2 aliphatic rings. The average molecular weight is 796 g/mol. The number of fused-ring (bicyclic) bond motifs is 18. The number of carbonyl (C=O) groups excluding carboxylic acids is 5. The first-order chi connectivity index (χ1) is 27.7. The highest BCUT2D eigenvalue weighted by atomic mass is 19.4. The van der Waals surface area contributed by atoms with Crippen molar-refractivity contribution in [2.45, 2.75) is 69.2 Å². The Morgan fingerprint density at radius 3 is 1.74 bits per heavy atom. The van der Waals surface area contributed by atoms with Crippen LogP contribution < -0.4 is 21.3 Å². The molecule has 58 heavy (non-hydrogen) atoms. The second kappa shape index (κ2) is 19.4. The number of ketones is 1. The third-order valence-electron chi connectivity index (χ3n) is 9.61. The van der Waals surface area contributed by atoms with Gasteiger partial charge >= 0.3 is 12.1 Å². The number of nitriles is 1. The Morgan fingerprint density at radius 1 is 0.655 bits per heavy atom. The molecule has 2 heterocycles. The molecule has 0 spiro atoms. The van der Waals surface area contributed by atoms with Crippen molar-refractivity contribution < 1.29 is 47.0 Å². The molecular weight excluding hydrogens is 755 g/mol. The summed E-state index contributed by atoms with van der Waals surface area (Å²) in [5.41, 5.74) is 1.72. The van der Waals surface area contributed by atoms with Gasteiger partial charge in [-0.1, -0.05) is 66.7 Å². The molecule has 4 aromatic carbocycles. The molecule has 300 valence electrons. The number of anilines is 1. The number of hydrogen-bond donors (Lipinski definition) is 5. The van der Waals surface area contributed by atoms with Crippen LogP contribution in [0.4, 0.5) is 18.9 Å². The molecule has 0 radical (unpaired) electrons. The molecule has 5 N–H and O–H groups in total. The first-order valence-corrected chi connectivity index (χ1v) is 18.4. The first kappa shape index (κ1) is 42.3. The fourth-order valence-corrected chi connectivity index (χ4v) is 6.43. The second-order valence-electron chi connectivity index (χ2n) is 14.0. The van der Waals surface area contributed by atoms with E-state index in [9.17, 15) is 52.3 Å². The van der Waals surface area contributed by atoms with E-state index >= 15 is 0 Å². The van der Waals surface area contributed by atoms with Crippen molar-refractivity contribution in [3.05, 3.63) is 137 Å². The van der Waals surface area contributed by atoms with E-state index in [0.29, 0.717) is 27.9 Å². The Kier molecular flexibility index (Phi) is 14.1. The number of hydrogen-bond acceptors (Lipinski definition) is 7. The van der Waals surface area contributed by atoms with E-state index in [-0.39, 0.29) is 44.1 Å². The molecule has 4 amide bonds. The van der Waals surface area contributed by atoms with Gasteiger partial charge in [0.1, 0.15) is 12.1 Å². The van der Waals surface area contributed by atoms with Gasteiger partial charge < -0.3 is 26.4 Å². The third kappa shape index (κ3) is 12.3. The summed E-state index contributed by atoms with van der Waals surface area (Å²) in [6.07, 6.45) is -6.31. The van der Waals surface area contributed by atoms with E-state index in [1.54, 1.807) is 66.7 Å². The second-order valence-corrected chi connectivity index (χ2v) is 14.0. The molecule has 15 heteroatoms. The Labute approximate surface area is 331 Å². The van der Waals surface area contributed by atoms with Crippen LogP contribution in [0.2, 0.25) is 0 Å². The number of carboxylic acid groups (broad SMARTS) is 1. The highest BCUT2D eigenvalue weighted by molar-refractivity contribution is 5.97. The summed E-state index contributed by atoms with van der Waals surface area (Å²) in [7, 11) is 0. The summed E-state index contributed by atoms with van der Waals surface area (Å²) in [5, 5.41) is 30.0. The Balaban J connectivity index is 1.53. The van der Waals surface area contributed by atoms with Crippen molar-refractivity contribution in [1.82, 2.24) is 16.0 Å². The largest absolute Gasteiger partial charge is 0.481 e. The highest BCUT2D eigenvalue weighted by Gasteiger charge is 2.34. The SMILES string of the molecule is N#Cc1ccc(C[C@H]2NC(=O)CCC(=O)Nc3ccc(cc3)C[C@@H](C(=O)O)CC(=O)[C@@H](Cc3ccccc3)NC(=O)[C@H](Cc3ccc(C(F)(F)F)cc3)NC2=O)cc1. The number of amides is 4. The molecule has 0 fully saturated rings. The number of alkyl halides is 3. The molecule has 4 atom stereocenters. The summed E-state index contributed by atoms with van der Waals surface area (Å²) in [4.78, 5) is 80.8. The average Bonchev–Trinajstić information content (AvgIpc) is 3.19. The van der Waals surface area contributed by atoms with E-state index in [2.05, 4.69) is 21.3 Å². The predicted molar refractivity (Wildman–Crippen MR) is 205 cm³/mol. The number of Topliss-reactive ketones (excluding diaryl/α,β-unsaturated/α-hetero) is 1. The zero-order valence-corrected chi connectivity index (χ0v) is 31.1. The van der Waals surface area contributed by atoms with Gasteiger partial charge in [0.2, 0.25) is 23.6 Å². The van der Waals surface area contributed by atoms with E-state index in [4.69, 9.17) is 0 Å². The van der Waals surface area contributed by atoms with Gasteiger partial charge in [-0.2, -0.15) is 18.4 Å². The van der Waals surface area contributed by atoms with Crippen molar-refractivity contribution in [3.8, 4) is 6.07 Å². The smallest absolute Gasteiger partial charge is 0.416 e. The van der Waals surface area contributed by atoms with Gasteiger partial charge in [0, 0.05) is 37.8 Å². The summed E-state index contributed by atoms with van der Waals surface area (Å²) in [5.74, 6) is -6.04. The lowest BCUT2D eigenvalue weighted by molar-refractivity contribution is -0.144. The van der Waals surface area contributed by atoms with Crippen molar-refractivity contribution in [2.75, 3.05) is 5.32 Å². The maximum Gasteiger partial charge on any atom is 0.416 e. The normalized spacial score (nSPS) is 20.1. The fraction of sp³-hybridized carbons (Fsp3) is 0.279. The van der Waals surface area contributed by atoms with Crippen LogP contribution in [0.25, 0.3) is 0 Å². The fourth-order valence-electron chi connectivity index (χ4n) is 6.43. The minimum atomic E-state index is -4.64. The number of nitrogens with zero attached hydrogens (tertiary/aromatic N) is 1. The van der Waals surface area contributed by atoms with Crippen molar-refractivity contribution in [1.29, 1.82) is 5.26 Å². The van der Waals surface area contributed by atoms with Gasteiger partial charge in [-0.3, -0.25) is 28.8 Å².